The van der Waals surface area contributed by atoms with Crippen molar-refractivity contribution in [1.29, 1.82) is 5.41 Å². The predicted octanol–water partition coefficient (Wildman–Crippen LogP) is 5.09. The summed E-state index contributed by atoms with van der Waals surface area (Å²) in [4.78, 5) is 0. The van der Waals surface area contributed by atoms with E-state index in [-0.39, 0.29) is 0 Å². The second-order valence-corrected chi connectivity index (χ2v) is 5.54. The van der Waals surface area contributed by atoms with Crippen molar-refractivity contribution in [2.75, 3.05) is 0 Å². The first kappa shape index (κ1) is 13.8. The van der Waals surface area contributed by atoms with Crippen molar-refractivity contribution in [1.82, 2.24) is 0 Å². The second kappa shape index (κ2) is 6.51. The Morgan fingerprint density at radius 2 is 1.95 bits per heavy atom. The van der Waals surface area contributed by atoms with Gasteiger partial charge in [-0.1, -0.05) is 47.1 Å². The van der Waals surface area contributed by atoms with Gasteiger partial charge in [0.1, 0.15) is 0 Å². The lowest BCUT2D eigenvalue weighted by Gasteiger charge is -2.22. The summed E-state index contributed by atoms with van der Waals surface area (Å²) >= 11 is 0. The van der Waals surface area contributed by atoms with Crippen LogP contribution in [0, 0.1) is 19.3 Å². The maximum atomic E-state index is 7.01. The molecule has 2 rings (SSSR count). The molecular formula is C18H23N. The zero-order chi connectivity index (χ0) is 13.7. The Morgan fingerprint density at radius 3 is 2.63 bits per heavy atom. The molecule has 1 atom stereocenters. The van der Waals surface area contributed by atoms with E-state index in [1.807, 2.05) is 6.08 Å². The van der Waals surface area contributed by atoms with E-state index in [1.54, 1.807) is 0 Å². The van der Waals surface area contributed by atoms with Gasteiger partial charge in [-0.05, 0) is 51.2 Å². The van der Waals surface area contributed by atoms with Crippen molar-refractivity contribution in [3.05, 3.63) is 58.7 Å². The summed E-state index contributed by atoms with van der Waals surface area (Å²) in [5.74, 6) is 0.579. The molecule has 0 heterocycles. The predicted molar refractivity (Wildman–Crippen MR) is 83.1 cm³/mol. The summed E-state index contributed by atoms with van der Waals surface area (Å²) in [5.41, 5.74) is 5.71. The third kappa shape index (κ3) is 3.92. The van der Waals surface area contributed by atoms with Gasteiger partial charge in [0.15, 0.2) is 0 Å². The number of hydrogen-bond acceptors (Lipinski definition) is 1. The lowest BCUT2D eigenvalue weighted by Crippen LogP contribution is -2.04. The fourth-order valence-electron chi connectivity index (χ4n) is 2.94. The second-order valence-electron chi connectivity index (χ2n) is 5.54. The molecule has 19 heavy (non-hydrogen) atoms. The maximum Gasteiger partial charge on any atom is 0.0174 e. The van der Waals surface area contributed by atoms with Gasteiger partial charge >= 0.3 is 0 Å². The summed E-state index contributed by atoms with van der Waals surface area (Å²) < 4.78 is 0. The van der Waals surface area contributed by atoms with E-state index in [0.717, 1.165) is 6.42 Å². The van der Waals surface area contributed by atoms with Crippen molar-refractivity contribution >= 4 is 6.21 Å². The minimum absolute atomic E-state index is 0.579. The van der Waals surface area contributed by atoms with Gasteiger partial charge in [-0.15, -0.1) is 0 Å². The summed E-state index contributed by atoms with van der Waals surface area (Å²) in [6.07, 6.45) is 12.5. The lowest BCUT2D eigenvalue weighted by atomic mass is 9.83. The molecule has 1 unspecified atom stereocenters. The van der Waals surface area contributed by atoms with Crippen molar-refractivity contribution in [3.63, 3.8) is 0 Å². The summed E-state index contributed by atoms with van der Waals surface area (Å²) in [6.45, 7) is 4.35. The summed E-state index contributed by atoms with van der Waals surface area (Å²) in [5, 5.41) is 7.01. The number of nitrogens with one attached hydrogen (secondary N) is 1. The van der Waals surface area contributed by atoms with E-state index < -0.39 is 0 Å². The molecule has 1 N–H and O–H groups in total. The Bertz CT molecular complexity index is 488. The molecule has 0 saturated heterocycles. The Hall–Kier alpha value is -1.63. The van der Waals surface area contributed by atoms with Gasteiger partial charge in [0.2, 0.25) is 0 Å². The van der Waals surface area contributed by atoms with Crippen LogP contribution in [-0.4, -0.2) is 6.21 Å². The SMILES string of the molecule is Cc1cc(C)cc(C2C=C(C/C=C\C=N)CCC2)c1. The third-order valence-electron chi connectivity index (χ3n) is 3.73. The molecule has 0 aliphatic heterocycles. The van der Waals surface area contributed by atoms with Crippen LogP contribution in [0.4, 0.5) is 0 Å². The number of aryl methyl sites for hydroxylation is 2. The highest BCUT2D eigenvalue weighted by Gasteiger charge is 2.15. The zero-order valence-corrected chi connectivity index (χ0v) is 11.9. The van der Waals surface area contributed by atoms with Crippen LogP contribution in [0.2, 0.25) is 0 Å². The van der Waals surface area contributed by atoms with Gasteiger partial charge in [0.05, 0.1) is 0 Å². The Morgan fingerprint density at radius 1 is 1.21 bits per heavy atom. The number of rotatable bonds is 4. The number of benzene rings is 1. The maximum absolute atomic E-state index is 7.01. The minimum Gasteiger partial charge on any atom is -0.309 e. The van der Waals surface area contributed by atoms with Gasteiger partial charge in [-0.25, -0.2) is 0 Å². The highest BCUT2D eigenvalue weighted by Crippen LogP contribution is 2.33. The smallest absolute Gasteiger partial charge is 0.0174 e. The highest BCUT2D eigenvalue weighted by molar-refractivity contribution is 5.67. The van der Waals surface area contributed by atoms with Crippen LogP contribution in [0.25, 0.3) is 0 Å². The van der Waals surface area contributed by atoms with Crippen molar-refractivity contribution < 1.29 is 0 Å². The molecule has 1 aliphatic rings. The summed E-state index contributed by atoms with van der Waals surface area (Å²) in [7, 11) is 0. The molecular weight excluding hydrogens is 230 g/mol. The highest BCUT2D eigenvalue weighted by atomic mass is 14.3. The van der Waals surface area contributed by atoms with Crippen LogP contribution in [0.15, 0.2) is 42.0 Å². The van der Waals surface area contributed by atoms with E-state index in [1.165, 1.54) is 47.7 Å². The van der Waals surface area contributed by atoms with Crippen LogP contribution in [0.5, 0.6) is 0 Å². The van der Waals surface area contributed by atoms with Crippen molar-refractivity contribution in [3.8, 4) is 0 Å². The molecule has 0 fully saturated rings. The first-order valence-electron chi connectivity index (χ1n) is 7.12. The van der Waals surface area contributed by atoms with E-state index in [4.69, 9.17) is 5.41 Å². The molecule has 1 aromatic carbocycles. The normalized spacial score (nSPS) is 19.5. The quantitative estimate of drug-likeness (QED) is 0.570. The average molecular weight is 253 g/mol. The molecule has 0 radical (unpaired) electrons. The molecule has 1 nitrogen and oxygen atoms in total. The van der Waals surface area contributed by atoms with Gasteiger partial charge in [-0.2, -0.15) is 0 Å². The number of hydrogen-bond donors (Lipinski definition) is 1. The molecule has 100 valence electrons. The molecule has 0 aromatic heterocycles. The first-order valence-corrected chi connectivity index (χ1v) is 7.12. The Balaban J connectivity index is 2.17. The first-order chi connectivity index (χ1) is 9.19. The van der Waals surface area contributed by atoms with Gasteiger partial charge < -0.3 is 5.41 Å². The van der Waals surface area contributed by atoms with Crippen LogP contribution < -0.4 is 0 Å². The van der Waals surface area contributed by atoms with Crippen molar-refractivity contribution in [2.45, 2.75) is 45.4 Å². The average Bonchev–Trinajstić information content (AvgIpc) is 2.38. The fraction of sp³-hybridized carbons (Fsp3) is 0.389. The lowest BCUT2D eigenvalue weighted by molar-refractivity contribution is 0.626. The monoisotopic (exact) mass is 253 g/mol. The Labute approximate surface area is 116 Å². The molecule has 0 amide bonds. The fourth-order valence-corrected chi connectivity index (χ4v) is 2.94. The topological polar surface area (TPSA) is 23.9 Å². The Kier molecular flexibility index (Phi) is 4.73. The molecule has 1 aliphatic carbocycles. The van der Waals surface area contributed by atoms with Crippen LogP contribution in [0.3, 0.4) is 0 Å². The van der Waals surface area contributed by atoms with Gasteiger partial charge in [0, 0.05) is 12.1 Å². The zero-order valence-electron chi connectivity index (χ0n) is 11.9. The number of allylic oxidation sites excluding steroid dienone is 4. The molecule has 1 aromatic rings. The standard InChI is InChI=1S/C18H23N/c1-14-10-15(2)12-18(11-14)17-8-5-7-16(13-17)6-3-4-9-19/h3-4,9-13,17,19H,5-8H2,1-2H3/b4-3-,19-9?. The molecule has 0 saturated carbocycles. The van der Waals surface area contributed by atoms with Crippen molar-refractivity contribution in [2.24, 2.45) is 0 Å². The van der Waals surface area contributed by atoms with E-state index in [2.05, 4.69) is 44.2 Å². The van der Waals surface area contributed by atoms with Crippen LogP contribution >= 0.6 is 0 Å². The largest absolute Gasteiger partial charge is 0.309 e. The van der Waals surface area contributed by atoms with E-state index in [9.17, 15) is 0 Å². The minimum atomic E-state index is 0.579. The summed E-state index contributed by atoms with van der Waals surface area (Å²) in [6, 6.07) is 6.89. The van der Waals surface area contributed by atoms with E-state index >= 15 is 0 Å². The molecule has 0 bridgehead atoms. The van der Waals surface area contributed by atoms with Crippen LogP contribution in [-0.2, 0) is 0 Å². The molecule has 0 spiro atoms. The van der Waals surface area contributed by atoms with E-state index in [0.29, 0.717) is 5.92 Å². The third-order valence-corrected chi connectivity index (χ3v) is 3.73. The van der Waals surface area contributed by atoms with Gasteiger partial charge in [-0.3, -0.25) is 0 Å². The van der Waals surface area contributed by atoms with Crippen LogP contribution in [0.1, 0.15) is 48.3 Å². The van der Waals surface area contributed by atoms with Gasteiger partial charge in [0.25, 0.3) is 0 Å². The molecule has 1 heteroatoms.